The number of carbonyl (C=O) groups is 1. The van der Waals surface area contributed by atoms with Crippen LogP contribution < -0.4 is 5.56 Å². The number of carboxylic acids is 1. The van der Waals surface area contributed by atoms with E-state index in [1.165, 1.54) is 6.92 Å². The van der Waals surface area contributed by atoms with Crippen LogP contribution in [0.2, 0.25) is 0 Å². The van der Waals surface area contributed by atoms with Crippen LogP contribution in [0.15, 0.2) is 35.3 Å². The quantitative estimate of drug-likeness (QED) is 0.505. The molecule has 2 atom stereocenters. The molecule has 0 aliphatic carbocycles. The van der Waals surface area contributed by atoms with Gasteiger partial charge in [-0.2, -0.15) is 0 Å². The number of aliphatic carboxylic acids is 1. The molecule has 0 saturated heterocycles. The number of aryl methyl sites for hydroxylation is 3. The van der Waals surface area contributed by atoms with Gasteiger partial charge in [0.15, 0.2) is 0 Å². The summed E-state index contributed by atoms with van der Waals surface area (Å²) in [6.45, 7) is 4.40. The third-order valence-electron chi connectivity index (χ3n) is 5.60. The van der Waals surface area contributed by atoms with Crippen molar-refractivity contribution in [2.45, 2.75) is 39.3 Å². The smallest absolute Gasteiger partial charge is 0.309 e. The summed E-state index contributed by atoms with van der Waals surface area (Å²) in [4.78, 5) is 28.3. The standard InChI is InChI=1S/C23H29N3O5.ClH/c1-14-11-17(13-25(3)22(14)28)21-24-19-12-16(5-7-18(15(2)27)23(29)30)6-8-20(19)26(21)9-10-31-4;/h6,8,11-13,15,18,27H,5,7,9-10H2,1-4H3,(H,29,30);1H/t15-,18+;/m1./s1. The van der Waals surface area contributed by atoms with Gasteiger partial charge in [-0.25, -0.2) is 4.98 Å². The van der Waals surface area contributed by atoms with Gasteiger partial charge in [0.1, 0.15) is 5.82 Å². The van der Waals surface area contributed by atoms with Crippen LogP contribution in [0.5, 0.6) is 0 Å². The lowest BCUT2D eigenvalue weighted by atomic mass is 9.95. The highest BCUT2D eigenvalue weighted by Gasteiger charge is 2.23. The summed E-state index contributed by atoms with van der Waals surface area (Å²) in [6.07, 6.45) is 1.74. The van der Waals surface area contributed by atoms with Crippen molar-refractivity contribution in [1.82, 2.24) is 14.1 Å². The van der Waals surface area contributed by atoms with Crippen LogP contribution >= 0.6 is 12.4 Å². The number of aliphatic hydroxyl groups excluding tert-OH is 1. The molecule has 3 aromatic rings. The summed E-state index contributed by atoms with van der Waals surface area (Å²) < 4.78 is 8.89. The highest BCUT2D eigenvalue weighted by atomic mass is 35.5. The van der Waals surface area contributed by atoms with Crippen LogP contribution in [0.25, 0.3) is 22.4 Å². The molecular formula is C23H30ClN3O5. The molecule has 1 aromatic carbocycles. The first-order valence-corrected chi connectivity index (χ1v) is 10.3. The normalized spacial score (nSPS) is 13.0. The molecule has 3 rings (SSSR count). The molecule has 0 bridgehead atoms. The Morgan fingerprint density at radius 2 is 2.00 bits per heavy atom. The molecule has 9 heteroatoms. The lowest BCUT2D eigenvalue weighted by Crippen LogP contribution is -2.26. The SMILES string of the molecule is COCCn1c(-c2cc(C)c(=O)n(C)c2)nc2cc(CC[C@H](C(=O)O)[C@@H](C)O)ccc21.Cl. The van der Waals surface area contributed by atoms with Gasteiger partial charge < -0.3 is 24.1 Å². The highest BCUT2D eigenvalue weighted by molar-refractivity contribution is 5.85. The number of hydrogen-bond donors (Lipinski definition) is 2. The molecule has 2 aromatic heterocycles. The molecule has 0 aliphatic heterocycles. The van der Waals surface area contributed by atoms with Crippen molar-refractivity contribution in [1.29, 1.82) is 0 Å². The molecular weight excluding hydrogens is 434 g/mol. The van der Waals surface area contributed by atoms with Gasteiger partial charge in [0.25, 0.3) is 5.56 Å². The number of aliphatic hydroxyl groups is 1. The first-order valence-electron chi connectivity index (χ1n) is 10.3. The largest absolute Gasteiger partial charge is 0.481 e. The van der Waals surface area contributed by atoms with Gasteiger partial charge in [-0.3, -0.25) is 9.59 Å². The van der Waals surface area contributed by atoms with Gasteiger partial charge in [0.2, 0.25) is 0 Å². The molecule has 0 saturated carbocycles. The van der Waals surface area contributed by atoms with Gasteiger partial charge >= 0.3 is 5.97 Å². The third kappa shape index (κ3) is 5.38. The Morgan fingerprint density at radius 3 is 2.59 bits per heavy atom. The molecule has 0 amide bonds. The Bertz CT molecular complexity index is 1130. The van der Waals surface area contributed by atoms with Crippen molar-refractivity contribution in [3.8, 4) is 11.4 Å². The first-order chi connectivity index (χ1) is 14.7. The fourth-order valence-electron chi connectivity index (χ4n) is 3.85. The van der Waals surface area contributed by atoms with E-state index < -0.39 is 18.0 Å². The number of ether oxygens (including phenoxy) is 1. The second-order valence-corrected chi connectivity index (χ2v) is 7.95. The number of fused-ring (bicyclic) bond motifs is 1. The molecule has 174 valence electrons. The molecule has 8 nitrogen and oxygen atoms in total. The maximum absolute atomic E-state index is 12.1. The summed E-state index contributed by atoms with van der Waals surface area (Å²) >= 11 is 0. The predicted octanol–water partition coefficient (Wildman–Crippen LogP) is 2.79. The van der Waals surface area contributed by atoms with Gasteiger partial charge in [-0.15, -0.1) is 12.4 Å². The summed E-state index contributed by atoms with van der Waals surface area (Å²) in [5, 5.41) is 19.0. The summed E-state index contributed by atoms with van der Waals surface area (Å²) in [5.74, 6) is -1.05. The molecule has 0 aliphatic rings. The van der Waals surface area contributed by atoms with Gasteiger partial charge in [0.05, 0.1) is 29.7 Å². The van der Waals surface area contributed by atoms with E-state index in [2.05, 4.69) is 4.57 Å². The molecule has 0 fully saturated rings. The number of halogens is 1. The van der Waals surface area contributed by atoms with Crippen molar-refractivity contribution < 1.29 is 19.7 Å². The Balaban J connectivity index is 0.00000363. The second kappa shape index (κ2) is 10.8. The third-order valence-corrected chi connectivity index (χ3v) is 5.60. The van der Waals surface area contributed by atoms with Gasteiger partial charge in [-0.05, 0) is 50.5 Å². The van der Waals surface area contributed by atoms with E-state index in [0.29, 0.717) is 31.6 Å². The Morgan fingerprint density at radius 1 is 1.28 bits per heavy atom. The highest BCUT2D eigenvalue weighted by Crippen LogP contribution is 2.26. The minimum Gasteiger partial charge on any atom is -0.481 e. The van der Waals surface area contributed by atoms with E-state index >= 15 is 0 Å². The molecule has 2 N–H and O–H groups in total. The number of aromatic nitrogens is 3. The van der Waals surface area contributed by atoms with Crippen molar-refractivity contribution in [2.24, 2.45) is 13.0 Å². The summed E-state index contributed by atoms with van der Waals surface area (Å²) in [5.41, 5.74) is 4.12. The number of imidazole rings is 1. The number of hydrogen-bond acceptors (Lipinski definition) is 5. The minimum absolute atomic E-state index is 0. The first kappa shape index (κ1) is 25.6. The molecule has 32 heavy (non-hydrogen) atoms. The van der Waals surface area contributed by atoms with Crippen molar-refractivity contribution in [3.05, 3.63) is 51.9 Å². The van der Waals surface area contributed by atoms with Crippen LogP contribution in [0.4, 0.5) is 0 Å². The Hall–Kier alpha value is -2.68. The maximum atomic E-state index is 12.1. The van der Waals surface area contributed by atoms with Crippen molar-refractivity contribution >= 4 is 29.4 Å². The summed E-state index contributed by atoms with van der Waals surface area (Å²) in [6, 6.07) is 7.74. The molecule has 0 spiro atoms. The fourth-order valence-corrected chi connectivity index (χ4v) is 3.85. The van der Waals surface area contributed by atoms with Crippen LogP contribution in [0, 0.1) is 12.8 Å². The topological polar surface area (TPSA) is 107 Å². The molecule has 2 heterocycles. The number of rotatable bonds is 9. The van der Waals surface area contributed by atoms with E-state index in [1.54, 1.807) is 31.8 Å². The Kier molecular flexibility index (Phi) is 8.60. The van der Waals surface area contributed by atoms with Crippen LogP contribution in [0.1, 0.15) is 24.5 Å². The van der Waals surface area contributed by atoms with Crippen LogP contribution in [-0.4, -0.2) is 50.1 Å². The average Bonchev–Trinajstić information content (AvgIpc) is 3.07. The lowest BCUT2D eigenvalue weighted by molar-refractivity contribution is -0.145. The zero-order chi connectivity index (χ0) is 22.7. The number of pyridine rings is 1. The maximum Gasteiger partial charge on any atom is 0.309 e. The fraction of sp³-hybridized carbons (Fsp3) is 0.435. The molecule has 0 radical (unpaired) electrons. The van der Waals surface area contributed by atoms with E-state index in [9.17, 15) is 19.8 Å². The van der Waals surface area contributed by atoms with E-state index in [-0.39, 0.29) is 18.0 Å². The number of methoxy groups -OCH3 is 1. The number of carboxylic acid groups (broad SMARTS) is 1. The van der Waals surface area contributed by atoms with E-state index in [0.717, 1.165) is 28.0 Å². The lowest BCUT2D eigenvalue weighted by Gasteiger charge is -2.15. The second-order valence-electron chi connectivity index (χ2n) is 7.95. The van der Waals surface area contributed by atoms with E-state index in [1.807, 2.05) is 24.3 Å². The predicted molar refractivity (Wildman–Crippen MR) is 125 cm³/mol. The van der Waals surface area contributed by atoms with E-state index in [4.69, 9.17) is 9.72 Å². The Labute approximate surface area is 192 Å². The summed E-state index contributed by atoms with van der Waals surface area (Å²) in [7, 11) is 3.37. The zero-order valence-electron chi connectivity index (χ0n) is 18.7. The van der Waals surface area contributed by atoms with Gasteiger partial charge in [-0.1, -0.05) is 6.07 Å². The van der Waals surface area contributed by atoms with Crippen molar-refractivity contribution in [3.63, 3.8) is 0 Å². The van der Waals surface area contributed by atoms with Crippen molar-refractivity contribution in [2.75, 3.05) is 13.7 Å². The van der Waals surface area contributed by atoms with Crippen LogP contribution in [0.3, 0.4) is 0 Å². The number of benzene rings is 1. The van der Waals surface area contributed by atoms with Crippen LogP contribution in [-0.2, 0) is 29.5 Å². The zero-order valence-corrected chi connectivity index (χ0v) is 19.6. The van der Waals surface area contributed by atoms with Gasteiger partial charge in [0, 0.05) is 38.0 Å². The monoisotopic (exact) mass is 463 g/mol. The molecule has 0 unspecified atom stereocenters. The average molecular weight is 464 g/mol. The minimum atomic E-state index is -0.993. The number of nitrogens with zero attached hydrogens (tertiary/aromatic N) is 3.